The lowest BCUT2D eigenvalue weighted by molar-refractivity contribution is -0.289. The summed E-state index contributed by atoms with van der Waals surface area (Å²) >= 11 is 5.55. The molecule has 1 unspecified atom stereocenters. The number of alkyl halides is 6. The second kappa shape index (κ2) is 5.77. The molecule has 9 heteroatoms. The predicted molar refractivity (Wildman–Crippen MR) is 58.7 cm³/mol. The van der Waals surface area contributed by atoms with E-state index in [9.17, 15) is 30.7 Å². The van der Waals surface area contributed by atoms with Gasteiger partial charge in [0, 0.05) is 11.1 Å². The molecule has 0 saturated heterocycles. The Morgan fingerprint density at radius 1 is 1.05 bits per heavy atom. The predicted octanol–water partition coefficient (Wildman–Crippen LogP) is 4.09. The molecule has 0 spiro atoms. The van der Waals surface area contributed by atoms with E-state index < -0.39 is 36.6 Å². The van der Waals surface area contributed by atoms with Crippen molar-refractivity contribution in [1.82, 2.24) is 0 Å². The van der Waals surface area contributed by atoms with Crippen LogP contribution in [-0.2, 0) is 6.42 Å². The molecule has 0 heterocycles. The Morgan fingerprint density at radius 3 is 1.95 bits per heavy atom. The number of hydrogen-bond donors (Lipinski definition) is 1. The Labute approximate surface area is 114 Å². The summed E-state index contributed by atoms with van der Waals surface area (Å²) in [6, 6.07) is 0.406. The van der Waals surface area contributed by atoms with E-state index in [0.29, 0.717) is 0 Å². The molecular formula is C11H9ClF7N. The molecule has 0 fully saturated rings. The fourth-order valence-corrected chi connectivity index (χ4v) is 1.97. The molecule has 1 atom stereocenters. The lowest BCUT2D eigenvalue weighted by atomic mass is 9.93. The summed E-state index contributed by atoms with van der Waals surface area (Å²) in [5.41, 5.74) is 4.95. The van der Waals surface area contributed by atoms with Crippen LogP contribution in [0.25, 0.3) is 0 Å². The summed E-state index contributed by atoms with van der Waals surface area (Å²) < 4.78 is 87.4. The van der Waals surface area contributed by atoms with E-state index in [0.717, 1.165) is 18.2 Å². The van der Waals surface area contributed by atoms with Gasteiger partial charge in [0.1, 0.15) is 5.82 Å². The third kappa shape index (κ3) is 4.24. The number of rotatable bonds is 3. The minimum Gasteiger partial charge on any atom is -0.327 e. The van der Waals surface area contributed by atoms with E-state index in [1.807, 2.05) is 0 Å². The van der Waals surface area contributed by atoms with Crippen LogP contribution in [-0.4, -0.2) is 18.4 Å². The Hall–Kier alpha value is -1.02. The third-order valence-electron chi connectivity index (χ3n) is 2.60. The van der Waals surface area contributed by atoms with Crippen LogP contribution in [0.2, 0.25) is 5.02 Å². The van der Waals surface area contributed by atoms with Gasteiger partial charge in [-0.05, 0) is 24.1 Å². The maximum Gasteiger partial charge on any atom is 0.402 e. The minimum atomic E-state index is -5.52. The first-order valence-electron chi connectivity index (χ1n) is 5.26. The van der Waals surface area contributed by atoms with Gasteiger partial charge in [0.25, 0.3) is 0 Å². The number of nitrogens with two attached hydrogens (primary N) is 1. The van der Waals surface area contributed by atoms with Gasteiger partial charge in [-0.2, -0.15) is 26.3 Å². The maximum atomic E-state index is 12.7. The highest BCUT2D eigenvalue weighted by Gasteiger charge is 2.59. The number of benzene rings is 1. The van der Waals surface area contributed by atoms with Gasteiger partial charge < -0.3 is 5.73 Å². The number of halogens is 8. The average molecular weight is 324 g/mol. The molecule has 0 aliphatic rings. The van der Waals surface area contributed by atoms with Gasteiger partial charge in [0.2, 0.25) is 0 Å². The van der Waals surface area contributed by atoms with Crippen molar-refractivity contribution in [3.63, 3.8) is 0 Å². The first-order valence-corrected chi connectivity index (χ1v) is 5.63. The minimum absolute atomic E-state index is 0.0842. The van der Waals surface area contributed by atoms with Gasteiger partial charge >= 0.3 is 12.4 Å². The van der Waals surface area contributed by atoms with Crippen molar-refractivity contribution in [3.05, 3.63) is 34.6 Å². The van der Waals surface area contributed by atoms with Crippen LogP contribution in [0.15, 0.2) is 18.2 Å². The average Bonchev–Trinajstić information content (AvgIpc) is 2.17. The van der Waals surface area contributed by atoms with E-state index in [4.69, 9.17) is 17.3 Å². The second-order valence-electron chi connectivity index (χ2n) is 4.16. The molecule has 20 heavy (non-hydrogen) atoms. The molecule has 114 valence electrons. The van der Waals surface area contributed by atoms with Crippen molar-refractivity contribution in [2.45, 2.75) is 24.8 Å². The van der Waals surface area contributed by atoms with Gasteiger partial charge in [-0.25, -0.2) is 4.39 Å². The highest BCUT2D eigenvalue weighted by molar-refractivity contribution is 6.31. The topological polar surface area (TPSA) is 26.0 Å². The van der Waals surface area contributed by atoms with Crippen molar-refractivity contribution in [2.24, 2.45) is 11.7 Å². The summed E-state index contributed by atoms with van der Waals surface area (Å²) in [5, 5.41) is -0.274. The quantitative estimate of drug-likeness (QED) is 0.833. The van der Waals surface area contributed by atoms with Crippen LogP contribution in [0.3, 0.4) is 0 Å². The molecule has 1 aromatic rings. The number of hydrogen-bond acceptors (Lipinski definition) is 1. The Kier molecular flexibility index (Phi) is 4.91. The summed E-state index contributed by atoms with van der Waals surface area (Å²) in [5.74, 6) is -4.42. The first-order chi connectivity index (χ1) is 8.93. The highest BCUT2D eigenvalue weighted by atomic mass is 35.5. The monoisotopic (exact) mass is 323 g/mol. The van der Waals surface area contributed by atoms with Gasteiger partial charge in [-0.3, -0.25) is 0 Å². The summed E-state index contributed by atoms with van der Waals surface area (Å²) in [6.07, 6.45) is -11.8. The second-order valence-corrected chi connectivity index (χ2v) is 4.57. The van der Waals surface area contributed by atoms with Gasteiger partial charge in [-0.15, -0.1) is 0 Å². The first kappa shape index (κ1) is 17.0. The Morgan fingerprint density at radius 2 is 1.55 bits per heavy atom. The van der Waals surface area contributed by atoms with Crippen LogP contribution in [0.5, 0.6) is 0 Å². The summed E-state index contributed by atoms with van der Waals surface area (Å²) in [4.78, 5) is 0. The van der Waals surface area contributed by atoms with Crippen LogP contribution in [0.1, 0.15) is 5.56 Å². The molecule has 1 rings (SSSR count). The molecule has 1 aromatic carbocycles. The van der Waals surface area contributed by atoms with E-state index >= 15 is 0 Å². The standard InChI is InChI=1S/C11H9ClF7N/c12-7-4-6(13)2-1-5(7)3-8(20)9(10(14,15)16)11(17,18)19/h1-2,4,8-9H,3,20H2. The highest BCUT2D eigenvalue weighted by Crippen LogP contribution is 2.41. The van der Waals surface area contributed by atoms with Crippen molar-refractivity contribution >= 4 is 11.6 Å². The zero-order valence-corrected chi connectivity index (χ0v) is 10.5. The van der Waals surface area contributed by atoms with Crippen LogP contribution < -0.4 is 5.73 Å². The smallest absolute Gasteiger partial charge is 0.327 e. The molecular weight excluding hydrogens is 315 g/mol. The van der Waals surface area contributed by atoms with Crippen molar-refractivity contribution < 1.29 is 30.7 Å². The molecule has 0 aliphatic heterocycles. The van der Waals surface area contributed by atoms with E-state index in [2.05, 4.69) is 0 Å². The molecule has 0 bridgehead atoms. The van der Waals surface area contributed by atoms with Crippen LogP contribution >= 0.6 is 11.6 Å². The fraction of sp³-hybridized carbons (Fsp3) is 0.455. The molecule has 0 aromatic heterocycles. The molecule has 0 aliphatic carbocycles. The van der Waals surface area contributed by atoms with Crippen molar-refractivity contribution in [2.75, 3.05) is 0 Å². The van der Waals surface area contributed by atoms with E-state index in [1.165, 1.54) is 0 Å². The molecule has 0 saturated carbocycles. The molecule has 1 nitrogen and oxygen atoms in total. The molecule has 2 N–H and O–H groups in total. The maximum absolute atomic E-state index is 12.7. The zero-order valence-electron chi connectivity index (χ0n) is 9.69. The zero-order chi connectivity index (χ0) is 15.7. The normalized spacial score (nSPS) is 14.7. The lowest BCUT2D eigenvalue weighted by Crippen LogP contribution is -2.49. The SMILES string of the molecule is NC(Cc1ccc(F)cc1Cl)C(C(F)(F)F)C(F)(F)F. The van der Waals surface area contributed by atoms with E-state index in [-0.39, 0.29) is 10.6 Å². The van der Waals surface area contributed by atoms with Gasteiger partial charge in [0.15, 0.2) is 5.92 Å². The molecule has 0 amide bonds. The van der Waals surface area contributed by atoms with Gasteiger partial charge in [0.05, 0.1) is 0 Å². The lowest BCUT2D eigenvalue weighted by Gasteiger charge is -2.28. The third-order valence-corrected chi connectivity index (χ3v) is 2.96. The van der Waals surface area contributed by atoms with Crippen molar-refractivity contribution in [3.8, 4) is 0 Å². The van der Waals surface area contributed by atoms with Gasteiger partial charge in [-0.1, -0.05) is 17.7 Å². The molecule has 0 radical (unpaired) electrons. The Balaban J connectivity index is 3.00. The largest absolute Gasteiger partial charge is 0.402 e. The van der Waals surface area contributed by atoms with E-state index in [1.54, 1.807) is 0 Å². The van der Waals surface area contributed by atoms with Crippen LogP contribution in [0, 0.1) is 11.7 Å². The summed E-state index contributed by atoms with van der Waals surface area (Å²) in [6.45, 7) is 0. The Bertz CT molecular complexity index is 455. The fourth-order valence-electron chi connectivity index (χ4n) is 1.73. The van der Waals surface area contributed by atoms with Crippen LogP contribution in [0.4, 0.5) is 30.7 Å². The van der Waals surface area contributed by atoms with Crippen molar-refractivity contribution in [1.29, 1.82) is 0 Å². The summed E-state index contributed by atoms with van der Waals surface area (Å²) in [7, 11) is 0.